The summed E-state index contributed by atoms with van der Waals surface area (Å²) in [7, 11) is 0. The number of carbonyl (C=O) groups is 1. The van der Waals surface area contributed by atoms with Crippen molar-refractivity contribution in [2.24, 2.45) is 50.2 Å². The molecule has 0 unspecified atom stereocenters. The maximum atomic E-state index is 12.9. The van der Waals surface area contributed by atoms with Gasteiger partial charge in [-0.15, -0.1) is 0 Å². The largest absolute Gasteiger partial charge is 0.396 e. The number of ketones is 1. The van der Waals surface area contributed by atoms with Crippen LogP contribution in [-0.2, 0) is 4.79 Å². The lowest BCUT2D eigenvalue weighted by Crippen LogP contribution is -2.66. The van der Waals surface area contributed by atoms with Gasteiger partial charge >= 0.3 is 0 Å². The molecule has 0 spiro atoms. The highest BCUT2D eigenvalue weighted by Crippen LogP contribution is 2.75. The Hall–Kier alpha value is -0.670. The standard InChI is InChI=1S/C30H48O3/c1-25(2)14-15-30(18-31)20(16-25)19-8-9-22-27(5)12-11-23(32)26(3,4)21(27)10-13-28(22,6)29(19,7)17-24(30)33/h8,20-22,24,31,33H,9-18H2,1-7H3/t20-,21-,22+,24-,27-,28+,29+,30+/m0/s1. The fourth-order valence-corrected chi connectivity index (χ4v) is 10.5. The molecule has 186 valence electrons. The number of aliphatic hydroxyl groups is 2. The fraction of sp³-hybridized carbons (Fsp3) is 0.900. The SMILES string of the molecule is CC1(C)CC[C@]2(CO)[C@@H](O)C[C@]3(C)C(=CC[C@@H]4[C@@]5(C)CCC(=O)C(C)(C)[C@@H]5CC[C@]43C)[C@@H]2C1. The van der Waals surface area contributed by atoms with Crippen LogP contribution in [0.1, 0.15) is 106 Å². The molecule has 3 nitrogen and oxygen atoms in total. The van der Waals surface area contributed by atoms with E-state index in [4.69, 9.17) is 0 Å². The Bertz CT molecular complexity index is 885. The second-order valence-electron chi connectivity index (χ2n) is 15.0. The van der Waals surface area contributed by atoms with E-state index in [1.807, 2.05) is 0 Å². The zero-order chi connectivity index (χ0) is 24.2. The zero-order valence-corrected chi connectivity index (χ0v) is 22.3. The van der Waals surface area contributed by atoms with Gasteiger partial charge in [-0.2, -0.15) is 0 Å². The van der Waals surface area contributed by atoms with E-state index in [0.29, 0.717) is 24.0 Å². The van der Waals surface area contributed by atoms with Gasteiger partial charge in [0.1, 0.15) is 5.78 Å². The highest BCUT2D eigenvalue weighted by atomic mass is 16.3. The van der Waals surface area contributed by atoms with Crippen molar-refractivity contribution in [3.63, 3.8) is 0 Å². The van der Waals surface area contributed by atoms with Crippen molar-refractivity contribution in [2.75, 3.05) is 6.61 Å². The summed E-state index contributed by atoms with van der Waals surface area (Å²) in [6.07, 6.45) is 11.0. The zero-order valence-electron chi connectivity index (χ0n) is 22.3. The van der Waals surface area contributed by atoms with E-state index in [1.165, 1.54) is 0 Å². The molecule has 0 aliphatic heterocycles. The van der Waals surface area contributed by atoms with Crippen LogP contribution in [0.2, 0.25) is 0 Å². The second kappa shape index (κ2) is 6.96. The Kier molecular flexibility index (Phi) is 5.07. The molecule has 0 aromatic carbocycles. The molecule has 4 saturated carbocycles. The minimum absolute atomic E-state index is 0.0499. The van der Waals surface area contributed by atoms with Crippen molar-refractivity contribution < 1.29 is 15.0 Å². The van der Waals surface area contributed by atoms with Gasteiger partial charge in [0.2, 0.25) is 0 Å². The van der Waals surface area contributed by atoms with Gasteiger partial charge in [-0.1, -0.05) is 60.1 Å². The van der Waals surface area contributed by atoms with Crippen LogP contribution in [0.5, 0.6) is 0 Å². The number of fused-ring (bicyclic) bond motifs is 7. The lowest BCUT2D eigenvalue weighted by Gasteiger charge is -2.71. The summed E-state index contributed by atoms with van der Waals surface area (Å²) in [5, 5.41) is 22.4. The van der Waals surface area contributed by atoms with Crippen LogP contribution in [0.4, 0.5) is 0 Å². The summed E-state index contributed by atoms with van der Waals surface area (Å²) in [5.41, 5.74) is 1.43. The second-order valence-corrected chi connectivity index (χ2v) is 15.0. The van der Waals surface area contributed by atoms with Crippen LogP contribution in [-0.4, -0.2) is 28.7 Å². The molecule has 0 amide bonds. The predicted octanol–water partition coefficient (Wildman–Crippen LogP) is 6.32. The van der Waals surface area contributed by atoms with Crippen molar-refractivity contribution >= 4 is 5.78 Å². The Balaban J connectivity index is 1.62. The molecule has 0 bridgehead atoms. The number of Topliss-reactive ketones (excluding diaryl/α,β-unsaturated/α-hetero) is 1. The Morgan fingerprint density at radius 1 is 0.939 bits per heavy atom. The van der Waals surface area contributed by atoms with E-state index in [1.54, 1.807) is 5.57 Å². The van der Waals surface area contributed by atoms with E-state index in [9.17, 15) is 15.0 Å². The predicted molar refractivity (Wildman–Crippen MR) is 133 cm³/mol. The quantitative estimate of drug-likeness (QED) is 0.454. The Labute approximate surface area is 201 Å². The van der Waals surface area contributed by atoms with Crippen molar-refractivity contribution in [3.8, 4) is 0 Å². The molecule has 3 heteroatoms. The molecule has 0 saturated heterocycles. The minimum atomic E-state index is -0.448. The van der Waals surface area contributed by atoms with Crippen molar-refractivity contribution in [2.45, 2.75) is 112 Å². The van der Waals surface area contributed by atoms with Gasteiger partial charge < -0.3 is 10.2 Å². The van der Waals surface area contributed by atoms with Crippen LogP contribution in [0, 0.1) is 50.2 Å². The highest BCUT2D eigenvalue weighted by Gasteiger charge is 2.69. The number of rotatable bonds is 1. The van der Waals surface area contributed by atoms with Crippen LogP contribution >= 0.6 is 0 Å². The van der Waals surface area contributed by atoms with Gasteiger partial charge in [0.15, 0.2) is 0 Å². The first kappa shape index (κ1) is 24.0. The van der Waals surface area contributed by atoms with Crippen LogP contribution in [0.15, 0.2) is 11.6 Å². The minimum Gasteiger partial charge on any atom is -0.396 e. The normalized spacial score (nSPS) is 52.6. The van der Waals surface area contributed by atoms with Crippen molar-refractivity contribution in [3.05, 3.63) is 11.6 Å². The van der Waals surface area contributed by atoms with Gasteiger partial charge in [0.25, 0.3) is 0 Å². The molecular weight excluding hydrogens is 408 g/mol. The summed E-state index contributed by atoms with van der Waals surface area (Å²) in [6, 6.07) is 0. The Morgan fingerprint density at radius 3 is 2.30 bits per heavy atom. The van der Waals surface area contributed by atoms with E-state index < -0.39 is 6.10 Å². The average Bonchev–Trinajstić information content (AvgIpc) is 2.71. The third-order valence-corrected chi connectivity index (χ3v) is 12.9. The van der Waals surface area contributed by atoms with Gasteiger partial charge in [0.05, 0.1) is 12.7 Å². The molecule has 33 heavy (non-hydrogen) atoms. The molecule has 4 fully saturated rings. The highest BCUT2D eigenvalue weighted by molar-refractivity contribution is 5.85. The Morgan fingerprint density at radius 2 is 1.64 bits per heavy atom. The third-order valence-electron chi connectivity index (χ3n) is 12.9. The molecule has 5 aliphatic rings. The summed E-state index contributed by atoms with van der Waals surface area (Å²) in [5.74, 6) is 1.71. The van der Waals surface area contributed by atoms with Crippen LogP contribution < -0.4 is 0 Å². The number of carbonyl (C=O) groups excluding carboxylic acids is 1. The van der Waals surface area contributed by atoms with Gasteiger partial charge in [-0.3, -0.25) is 4.79 Å². The number of allylic oxidation sites excluding steroid dienone is 2. The summed E-state index contributed by atoms with van der Waals surface area (Å²) in [6.45, 7) is 16.7. The monoisotopic (exact) mass is 456 g/mol. The topological polar surface area (TPSA) is 57.5 Å². The molecule has 0 heterocycles. The van der Waals surface area contributed by atoms with Gasteiger partial charge in [0, 0.05) is 17.3 Å². The van der Waals surface area contributed by atoms with Crippen molar-refractivity contribution in [1.29, 1.82) is 0 Å². The first-order valence-electron chi connectivity index (χ1n) is 13.7. The lowest BCUT2D eigenvalue weighted by molar-refractivity contribution is -0.204. The van der Waals surface area contributed by atoms with E-state index >= 15 is 0 Å². The number of aliphatic hydroxyl groups excluding tert-OH is 2. The number of hydrogen-bond acceptors (Lipinski definition) is 3. The number of hydrogen-bond donors (Lipinski definition) is 2. The van der Waals surface area contributed by atoms with Gasteiger partial charge in [-0.25, -0.2) is 0 Å². The molecule has 5 rings (SSSR count). The van der Waals surface area contributed by atoms with E-state index in [2.05, 4.69) is 54.5 Å². The van der Waals surface area contributed by atoms with E-state index in [-0.39, 0.29) is 45.0 Å². The van der Waals surface area contributed by atoms with Crippen LogP contribution in [0.25, 0.3) is 0 Å². The smallest absolute Gasteiger partial charge is 0.138 e. The molecule has 0 aromatic rings. The first-order valence-corrected chi connectivity index (χ1v) is 13.7. The van der Waals surface area contributed by atoms with Crippen molar-refractivity contribution in [1.82, 2.24) is 0 Å². The molecular formula is C30H48O3. The first-order chi connectivity index (χ1) is 15.2. The third kappa shape index (κ3) is 2.85. The van der Waals surface area contributed by atoms with Gasteiger partial charge in [-0.05, 0) is 90.8 Å². The average molecular weight is 457 g/mol. The molecule has 5 aliphatic carbocycles. The fourth-order valence-electron chi connectivity index (χ4n) is 10.5. The van der Waals surface area contributed by atoms with E-state index in [0.717, 1.165) is 51.4 Å². The van der Waals surface area contributed by atoms with Crippen LogP contribution in [0.3, 0.4) is 0 Å². The summed E-state index contributed by atoms with van der Waals surface area (Å²) >= 11 is 0. The summed E-state index contributed by atoms with van der Waals surface area (Å²) in [4.78, 5) is 12.9. The lowest BCUT2D eigenvalue weighted by atomic mass is 9.33. The maximum Gasteiger partial charge on any atom is 0.138 e. The maximum absolute atomic E-state index is 12.9. The summed E-state index contributed by atoms with van der Waals surface area (Å²) < 4.78 is 0. The molecule has 0 radical (unpaired) electrons. The molecule has 8 atom stereocenters. The molecule has 2 N–H and O–H groups in total. The molecule has 0 aromatic heterocycles.